The van der Waals surface area contributed by atoms with Crippen molar-refractivity contribution >= 4 is 27.2 Å². The number of pyridine rings is 1. The monoisotopic (exact) mass is 323 g/mol. The molecule has 0 atom stereocenters. The Morgan fingerprint density at radius 1 is 1.09 bits per heavy atom. The second kappa shape index (κ2) is 6.69. The highest BCUT2D eigenvalue weighted by Crippen LogP contribution is 2.26. The summed E-state index contributed by atoms with van der Waals surface area (Å²) in [6.07, 6.45) is 4.23. The molecule has 4 heteroatoms. The summed E-state index contributed by atoms with van der Waals surface area (Å²) in [4.78, 5) is 6.84. The predicted molar refractivity (Wildman–Crippen MR) is 98.1 cm³/mol. The zero-order valence-corrected chi connectivity index (χ0v) is 13.9. The van der Waals surface area contributed by atoms with Gasteiger partial charge in [0, 0.05) is 36.6 Å². The Morgan fingerprint density at radius 2 is 1.91 bits per heavy atom. The molecule has 118 valence electrons. The van der Waals surface area contributed by atoms with Gasteiger partial charge in [0.2, 0.25) is 0 Å². The molecule has 1 saturated heterocycles. The molecule has 0 spiro atoms. The van der Waals surface area contributed by atoms with E-state index in [1.165, 1.54) is 28.5 Å². The van der Waals surface area contributed by atoms with Gasteiger partial charge in [-0.25, -0.2) is 4.98 Å². The summed E-state index contributed by atoms with van der Waals surface area (Å²) in [5.41, 5.74) is 1.43. The quantitative estimate of drug-likeness (QED) is 0.785. The number of fused-ring (bicyclic) bond motifs is 1. The molecule has 23 heavy (non-hydrogen) atoms. The van der Waals surface area contributed by atoms with Crippen LogP contribution in [0.25, 0.3) is 10.1 Å². The third-order valence-corrected chi connectivity index (χ3v) is 5.62. The fourth-order valence-corrected chi connectivity index (χ4v) is 4.24. The first-order chi connectivity index (χ1) is 11.4. The fraction of sp³-hybridized carbons (Fsp3) is 0.316. The third kappa shape index (κ3) is 3.23. The zero-order chi connectivity index (χ0) is 15.5. The van der Waals surface area contributed by atoms with Crippen LogP contribution in [-0.4, -0.2) is 24.1 Å². The highest BCUT2D eigenvalue weighted by atomic mass is 32.1. The summed E-state index contributed by atoms with van der Waals surface area (Å²) in [5, 5.41) is 7.44. The Kier molecular flexibility index (Phi) is 4.26. The van der Waals surface area contributed by atoms with E-state index < -0.39 is 0 Å². The molecule has 0 saturated carbocycles. The van der Waals surface area contributed by atoms with E-state index in [2.05, 4.69) is 57.0 Å². The Morgan fingerprint density at radius 3 is 2.74 bits per heavy atom. The van der Waals surface area contributed by atoms with Crippen LogP contribution < -0.4 is 10.2 Å². The van der Waals surface area contributed by atoms with Gasteiger partial charge in [-0.15, -0.1) is 11.3 Å². The maximum Gasteiger partial charge on any atom is 0.128 e. The lowest BCUT2D eigenvalue weighted by molar-refractivity contribution is 0.413. The molecule has 3 nitrogen and oxygen atoms in total. The third-order valence-electron chi connectivity index (χ3n) is 4.61. The van der Waals surface area contributed by atoms with Crippen LogP contribution in [0, 0.1) is 0 Å². The van der Waals surface area contributed by atoms with Gasteiger partial charge in [-0.05, 0) is 47.4 Å². The van der Waals surface area contributed by atoms with Crippen molar-refractivity contribution in [1.29, 1.82) is 0 Å². The lowest BCUT2D eigenvalue weighted by Crippen LogP contribution is -2.42. The van der Waals surface area contributed by atoms with Gasteiger partial charge in [-0.3, -0.25) is 0 Å². The lowest BCUT2D eigenvalue weighted by atomic mass is 10.0. The van der Waals surface area contributed by atoms with Gasteiger partial charge in [0.05, 0.1) is 0 Å². The maximum atomic E-state index is 4.46. The van der Waals surface area contributed by atoms with Crippen molar-refractivity contribution in [3.63, 3.8) is 0 Å². The molecule has 1 N–H and O–H groups in total. The van der Waals surface area contributed by atoms with Crippen molar-refractivity contribution in [3.8, 4) is 0 Å². The molecule has 1 aromatic carbocycles. The van der Waals surface area contributed by atoms with E-state index in [1.807, 2.05) is 23.6 Å². The highest BCUT2D eigenvalue weighted by Gasteiger charge is 2.19. The summed E-state index contributed by atoms with van der Waals surface area (Å²) >= 11 is 1.84. The minimum absolute atomic E-state index is 0.605. The minimum atomic E-state index is 0.605. The predicted octanol–water partition coefficient (Wildman–Crippen LogP) is 4.05. The van der Waals surface area contributed by atoms with E-state index >= 15 is 0 Å². The minimum Gasteiger partial charge on any atom is -0.357 e. The SMILES string of the molecule is c1ccc(N2CCC(NCc3csc4ccccc34)CC2)nc1. The summed E-state index contributed by atoms with van der Waals surface area (Å²) in [5.74, 6) is 1.11. The molecule has 1 aliphatic rings. The number of nitrogens with one attached hydrogen (secondary N) is 1. The summed E-state index contributed by atoms with van der Waals surface area (Å²) in [6.45, 7) is 3.14. The van der Waals surface area contributed by atoms with Crippen molar-refractivity contribution in [2.24, 2.45) is 0 Å². The van der Waals surface area contributed by atoms with Crippen molar-refractivity contribution in [2.45, 2.75) is 25.4 Å². The van der Waals surface area contributed by atoms with Gasteiger partial charge in [0.1, 0.15) is 5.82 Å². The van der Waals surface area contributed by atoms with Gasteiger partial charge >= 0.3 is 0 Å². The number of hydrogen-bond donors (Lipinski definition) is 1. The number of aromatic nitrogens is 1. The van der Waals surface area contributed by atoms with Crippen molar-refractivity contribution in [1.82, 2.24) is 10.3 Å². The van der Waals surface area contributed by atoms with E-state index in [0.29, 0.717) is 6.04 Å². The van der Waals surface area contributed by atoms with Crippen LogP contribution in [0.4, 0.5) is 5.82 Å². The van der Waals surface area contributed by atoms with E-state index in [-0.39, 0.29) is 0 Å². The Hall–Kier alpha value is -1.91. The van der Waals surface area contributed by atoms with Crippen LogP contribution in [0.1, 0.15) is 18.4 Å². The first kappa shape index (κ1) is 14.7. The average molecular weight is 323 g/mol. The molecule has 0 bridgehead atoms. The zero-order valence-electron chi connectivity index (χ0n) is 13.1. The van der Waals surface area contributed by atoms with Crippen LogP contribution in [0.3, 0.4) is 0 Å². The summed E-state index contributed by atoms with van der Waals surface area (Å²) in [6, 6.07) is 15.4. The van der Waals surface area contributed by atoms with Crippen LogP contribution in [0.2, 0.25) is 0 Å². The maximum absolute atomic E-state index is 4.46. The largest absolute Gasteiger partial charge is 0.357 e. The molecular formula is C19H21N3S. The number of anilines is 1. The van der Waals surface area contributed by atoms with Crippen LogP contribution >= 0.6 is 11.3 Å². The van der Waals surface area contributed by atoms with E-state index in [0.717, 1.165) is 25.5 Å². The molecular weight excluding hydrogens is 302 g/mol. The molecule has 3 heterocycles. The highest BCUT2D eigenvalue weighted by molar-refractivity contribution is 7.17. The number of piperidine rings is 1. The second-order valence-corrected chi connectivity index (χ2v) is 7.00. The van der Waals surface area contributed by atoms with Gasteiger partial charge in [0.25, 0.3) is 0 Å². The number of benzene rings is 1. The van der Waals surface area contributed by atoms with Gasteiger partial charge in [-0.1, -0.05) is 24.3 Å². The van der Waals surface area contributed by atoms with Crippen LogP contribution in [0.5, 0.6) is 0 Å². The van der Waals surface area contributed by atoms with Crippen LogP contribution in [0.15, 0.2) is 54.0 Å². The molecule has 1 aliphatic heterocycles. The van der Waals surface area contributed by atoms with E-state index in [1.54, 1.807) is 0 Å². The first-order valence-electron chi connectivity index (χ1n) is 8.24. The number of nitrogens with zero attached hydrogens (tertiary/aromatic N) is 2. The van der Waals surface area contributed by atoms with Crippen molar-refractivity contribution in [3.05, 3.63) is 59.6 Å². The summed E-state index contributed by atoms with van der Waals surface area (Å²) in [7, 11) is 0. The topological polar surface area (TPSA) is 28.2 Å². The van der Waals surface area contributed by atoms with Gasteiger partial charge in [-0.2, -0.15) is 0 Å². The molecule has 4 rings (SSSR count). The van der Waals surface area contributed by atoms with Crippen molar-refractivity contribution in [2.75, 3.05) is 18.0 Å². The summed E-state index contributed by atoms with van der Waals surface area (Å²) < 4.78 is 1.38. The molecule has 0 amide bonds. The standard InChI is InChI=1S/C19H21N3S/c1-2-6-18-17(5-1)15(14-23-18)13-21-16-8-11-22(12-9-16)19-7-3-4-10-20-19/h1-7,10,14,16,21H,8-9,11-13H2. The van der Waals surface area contributed by atoms with Gasteiger partial charge in [0.15, 0.2) is 0 Å². The fourth-order valence-electron chi connectivity index (χ4n) is 3.28. The van der Waals surface area contributed by atoms with Gasteiger partial charge < -0.3 is 10.2 Å². The Labute approximate surface area is 141 Å². The molecule has 3 aromatic rings. The lowest BCUT2D eigenvalue weighted by Gasteiger charge is -2.33. The Bertz CT molecular complexity index is 760. The number of thiophene rings is 1. The molecule has 1 fully saturated rings. The van der Waals surface area contributed by atoms with E-state index in [9.17, 15) is 0 Å². The van der Waals surface area contributed by atoms with Crippen LogP contribution in [-0.2, 0) is 6.54 Å². The normalized spacial score (nSPS) is 16.1. The molecule has 0 aliphatic carbocycles. The Balaban J connectivity index is 1.33. The second-order valence-electron chi connectivity index (χ2n) is 6.09. The molecule has 2 aromatic heterocycles. The van der Waals surface area contributed by atoms with Crippen molar-refractivity contribution < 1.29 is 0 Å². The smallest absolute Gasteiger partial charge is 0.128 e. The molecule has 0 radical (unpaired) electrons. The average Bonchev–Trinajstić information content (AvgIpc) is 3.04. The number of rotatable bonds is 4. The number of hydrogen-bond acceptors (Lipinski definition) is 4. The molecule has 0 unspecified atom stereocenters. The van der Waals surface area contributed by atoms with E-state index in [4.69, 9.17) is 0 Å². The first-order valence-corrected chi connectivity index (χ1v) is 9.12.